The van der Waals surface area contributed by atoms with Gasteiger partial charge in [0.1, 0.15) is 5.75 Å². The molecule has 0 saturated carbocycles. The number of benzene rings is 1. The number of nitrogens with zero attached hydrogens (tertiary/aromatic N) is 2. The molecule has 1 atom stereocenters. The van der Waals surface area contributed by atoms with Gasteiger partial charge in [0.15, 0.2) is 0 Å². The van der Waals surface area contributed by atoms with Crippen molar-refractivity contribution in [3.63, 3.8) is 0 Å². The lowest BCUT2D eigenvalue weighted by molar-refractivity contribution is -0.135. The molecule has 1 aliphatic heterocycles. The van der Waals surface area contributed by atoms with Crippen molar-refractivity contribution in [1.29, 1.82) is 0 Å². The molecule has 140 valence electrons. The van der Waals surface area contributed by atoms with Crippen molar-refractivity contribution in [3.05, 3.63) is 59.4 Å². The van der Waals surface area contributed by atoms with Crippen LogP contribution in [0.2, 0.25) is 0 Å². The van der Waals surface area contributed by atoms with Gasteiger partial charge < -0.3 is 15.0 Å². The fraction of sp³-hybridized carbons (Fsp3) is 0.400. The largest absolute Gasteiger partial charge is 0.493 e. The first kappa shape index (κ1) is 20.2. The molecule has 3 rings (SSSR count). The lowest BCUT2D eigenvalue weighted by Crippen LogP contribution is -2.49. The summed E-state index contributed by atoms with van der Waals surface area (Å²) < 4.78 is 5.84. The van der Waals surface area contributed by atoms with E-state index in [4.69, 9.17) is 4.74 Å². The third-order valence-corrected chi connectivity index (χ3v) is 4.55. The standard InChI is InChI=1S/C20H25N3O2.ClH/c1-15-5-6-16(2)19(12-15)25-11-7-20(24)23-10-9-22-14-18(23)17-4-3-8-21-13-17;/h3-6,8,12-13,18,22H,7,9-11,14H2,1-2H3;1H. The molecule has 5 nitrogen and oxygen atoms in total. The number of aryl methyl sites for hydroxylation is 2. The van der Waals surface area contributed by atoms with Crippen molar-refractivity contribution in [2.45, 2.75) is 26.3 Å². The number of amides is 1. The summed E-state index contributed by atoms with van der Waals surface area (Å²) in [7, 11) is 0. The van der Waals surface area contributed by atoms with Crippen LogP contribution in [0.1, 0.15) is 29.2 Å². The van der Waals surface area contributed by atoms with Gasteiger partial charge in [-0.3, -0.25) is 9.78 Å². The third-order valence-electron chi connectivity index (χ3n) is 4.55. The first-order chi connectivity index (χ1) is 12.1. The van der Waals surface area contributed by atoms with E-state index in [-0.39, 0.29) is 24.4 Å². The van der Waals surface area contributed by atoms with Gasteiger partial charge in [0, 0.05) is 32.0 Å². The van der Waals surface area contributed by atoms with Gasteiger partial charge >= 0.3 is 0 Å². The average molecular weight is 376 g/mol. The smallest absolute Gasteiger partial charge is 0.226 e. The molecule has 2 aromatic rings. The number of carbonyl (C=O) groups is 1. The number of halogens is 1. The lowest BCUT2D eigenvalue weighted by atomic mass is 10.0. The predicted octanol–water partition coefficient (Wildman–Crippen LogP) is 3.06. The zero-order chi connectivity index (χ0) is 17.6. The van der Waals surface area contributed by atoms with Crippen LogP contribution in [0, 0.1) is 13.8 Å². The fourth-order valence-corrected chi connectivity index (χ4v) is 3.13. The molecule has 1 aromatic carbocycles. The molecule has 1 fully saturated rings. The zero-order valence-electron chi connectivity index (χ0n) is 15.3. The van der Waals surface area contributed by atoms with E-state index >= 15 is 0 Å². The zero-order valence-corrected chi connectivity index (χ0v) is 16.1. The Balaban J connectivity index is 0.00000243. The summed E-state index contributed by atoms with van der Waals surface area (Å²) in [6.45, 7) is 6.74. The molecule has 1 aliphatic rings. The van der Waals surface area contributed by atoms with Crippen molar-refractivity contribution < 1.29 is 9.53 Å². The number of pyridine rings is 1. The molecule has 1 saturated heterocycles. The third kappa shape index (κ3) is 4.96. The number of ether oxygens (including phenoxy) is 1. The van der Waals surface area contributed by atoms with Gasteiger partial charge in [-0.05, 0) is 42.7 Å². The summed E-state index contributed by atoms with van der Waals surface area (Å²) in [5.41, 5.74) is 3.32. The maximum Gasteiger partial charge on any atom is 0.226 e. The normalized spacial score (nSPS) is 16.7. The average Bonchev–Trinajstić information content (AvgIpc) is 2.65. The van der Waals surface area contributed by atoms with Crippen LogP contribution < -0.4 is 10.1 Å². The molecule has 26 heavy (non-hydrogen) atoms. The van der Waals surface area contributed by atoms with Crippen LogP contribution >= 0.6 is 12.4 Å². The number of nitrogens with one attached hydrogen (secondary N) is 1. The monoisotopic (exact) mass is 375 g/mol. The lowest BCUT2D eigenvalue weighted by Gasteiger charge is -2.36. The topological polar surface area (TPSA) is 54.5 Å². The number of carbonyl (C=O) groups excluding carboxylic acids is 1. The Kier molecular flexibility index (Phi) is 7.42. The number of piperazine rings is 1. The van der Waals surface area contributed by atoms with E-state index in [1.54, 1.807) is 6.20 Å². The Morgan fingerprint density at radius 1 is 1.35 bits per heavy atom. The number of rotatable bonds is 5. The maximum absolute atomic E-state index is 12.7. The number of hydrogen-bond acceptors (Lipinski definition) is 4. The van der Waals surface area contributed by atoms with Crippen LogP contribution in [-0.2, 0) is 4.79 Å². The quantitative estimate of drug-likeness (QED) is 0.872. The van der Waals surface area contributed by atoms with Crippen molar-refractivity contribution in [2.24, 2.45) is 0 Å². The van der Waals surface area contributed by atoms with E-state index in [1.165, 1.54) is 0 Å². The SMILES string of the molecule is Cc1ccc(C)c(OCCC(=O)N2CCNCC2c2cccnc2)c1.Cl. The highest BCUT2D eigenvalue weighted by Gasteiger charge is 2.27. The highest BCUT2D eigenvalue weighted by atomic mass is 35.5. The molecule has 1 N–H and O–H groups in total. The first-order valence-corrected chi connectivity index (χ1v) is 8.75. The molecule has 0 aliphatic carbocycles. The number of aromatic nitrogens is 1. The van der Waals surface area contributed by atoms with Gasteiger partial charge in [-0.15, -0.1) is 12.4 Å². The van der Waals surface area contributed by atoms with E-state index < -0.39 is 0 Å². The molecule has 1 amide bonds. The van der Waals surface area contributed by atoms with Gasteiger partial charge in [0.25, 0.3) is 0 Å². The van der Waals surface area contributed by atoms with Crippen LogP contribution in [0.15, 0.2) is 42.7 Å². The predicted molar refractivity (Wildman–Crippen MR) is 105 cm³/mol. The Morgan fingerprint density at radius 2 is 2.19 bits per heavy atom. The summed E-state index contributed by atoms with van der Waals surface area (Å²) in [5.74, 6) is 0.984. The maximum atomic E-state index is 12.7. The van der Waals surface area contributed by atoms with E-state index in [9.17, 15) is 4.79 Å². The molecule has 0 radical (unpaired) electrons. The fourth-order valence-electron chi connectivity index (χ4n) is 3.13. The Hall–Kier alpha value is -2.11. The highest BCUT2D eigenvalue weighted by molar-refractivity contribution is 5.85. The number of hydrogen-bond donors (Lipinski definition) is 1. The molecule has 1 aromatic heterocycles. The minimum absolute atomic E-state index is 0. The molecule has 2 heterocycles. The van der Waals surface area contributed by atoms with Gasteiger partial charge in [-0.25, -0.2) is 0 Å². The summed E-state index contributed by atoms with van der Waals surface area (Å²) in [6, 6.07) is 10.1. The summed E-state index contributed by atoms with van der Waals surface area (Å²) in [6.07, 6.45) is 3.97. The molecule has 1 unspecified atom stereocenters. The van der Waals surface area contributed by atoms with Crippen LogP contribution in [0.25, 0.3) is 0 Å². The van der Waals surface area contributed by atoms with Crippen LogP contribution in [-0.4, -0.2) is 42.0 Å². The van der Waals surface area contributed by atoms with E-state index in [1.807, 2.05) is 49.2 Å². The summed E-state index contributed by atoms with van der Waals surface area (Å²) >= 11 is 0. The van der Waals surface area contributed by atoms with Crippen LogP contribution in [0.3, 0.4) is 0 Å². The van der Waals surface area contributed by atoms with Gasteiger partial charge in [0.05, 0.1) is 19.1 Å². The van der Waals surface area contributed by atoms with Gasteiger partial charge in [-0.2, -0.15) is 0 Å². The van der Waals surface area contributed by atoms with Gasteiger partial charge in [-0.1, -0.05) is 18.2 Å². The minimum Gasteiger partial charge on any atom is -0.493 e. The molecular formula is C20H26ClN3O2. The molecule has 6 heteroatoms. The van der Waals surface area contributed by atoms with Crippen molar-refractivity contribution in [2.75, 3.05) is 26.2 Å². The summed E-state index contributed by atoms with van der Waals surface area (Å²) in [4.78, 5) is 18.8. The highest BCUT2D eigenvalue weighted by Crippen LogP contribution is 2.23. The second-order valence-corrected chi connectivity index (χ2v) is 6.46. The Bertz CT molecular complexity index is 724. The molecule has 0 spiro atoms. The molecular weight excluding hydrogens is 350 g/mol. The second-order valence-electron chi connectivity index (χ2n) is 6.46. The van der Waals surface area contributed by atoms with Crippen molar-refractivity contribution >= 4 is 18.3 Å². The minimum atomic E-state index is 0. The second kappa shape index (κ2) is 9.55. The van der Waals surface area contributed by atoms with E-state index in [0.29, 0.717) is 19.6 Å². The van der Waals surface area contributed by atoms with Crippen LogP contribution in [0.4, 0.5) is 0 Å². The van der Waals surface area contributed by atoms with Crippen molar-refractivity contribution in [3.8, 4) is 5.75 Å². The first-order valence-electron chi connectivity index (χ1n) is 8.75. The van der Waals surface area contributed by atoms with Crippen LogP contribution in [0.5, 0.6) is 5.75 Å². The van der Waals surface area contributed by atoms with Crippen molar-refractivity contribution in [1.82, 2.24) is 15.2 Å². The molecule has 0 bridgehead atoms. The van der Waals surface area contributed by atoms with Gasteiger partial charge in [0.2, 0.25) is 5.91 Å². The Morgan fingerprint density at radius 3 is 2.96 bits per heavy atom. The Labute approximate surface area is 161 Å². The van der Waals surface area contributed by atoms with E-state index in [2.05, 4.69) is 16.4 Å². The summed E-state index contributed by atoms with van der Waals surface area (Å²) in [5, 5.41) is 3.36. The van der Waals surface area contributed by atoms with E-state index in [0.717, 1.165) is 35.5 Å².